The molecule has 6 nitrogen and oxygen atoms in total. The number of aliphatic imine (C=N–C) groups is 1. The number of nitrogens with zero attached hydrogens (tertiary/aromatic N) is 2. The minimum Gasteiger partial charge on any atom is -0.493 e. The summed E-state index contributed by atoms with van der Waals surface area (Å²) in [6, 6.07) is 12.2. The maximum absolute atomic E-state index is 12.7. The van der Waals surface area contributed by atoms with Crippen molar-refractivity contribution in [3.8, 4) is 11.5 Å². The molecule has 0 radical (unpaired) electrons. The minimum absolute atomic E-state index is 0.314. The smallest absolute Gasteiger partial charge is 0.243 e. The predicted octanol–water partition coefficient (Wildman–Crippen LogP) is 3.63. The van der Waals surface area contributed by atoms with Crippen LogP contribution >= 0.6 is 0 Å². The van der Waals surface area contributed by atoms with Crippen molar-refractivity contribution in [2.75, 3.05) is 27.3 Å². The fourth-order valence-corrected chi connectivity index (χ4v) is 4.56. The van der Waals surface area contributed by atoms with Crippen molar-refractivity contribution in [2.24, 2.45) is 4.99 Å². The Balaban J connectivity index is 1.75. The molecule has 1 aliphatic heterocycles. The van der Waals surface area contributed by atoms with Crippen molar-refractivity contribution >= 4 is 21.9 Å². The third-order valence-corrected chi connectivity index (χ3v) is 6.47. The number of piperidine rings is 1. The molecule has 1 fully saturated rings. The highest BCUT2D eigenvalue weighted by Gasteiger charge is 2.25. The Morgan fingerprint density at radius 3 is 2.22 bits per heavy atom. The maximum Gasteiger partial charge on any atom is 0.243 e. The van der Waals surface area contributed by atoms with Gasteiger partial charge in [-0.15, -0.1) is 0 Å². The third kappa shape index (κ3) is 4.48. The molecule has 0 aliphatic carbocycles. The number of ether oxygens (including phenoxy) is 2. The monoisotopic (exact) mass is 388 g/mol. The van der Waals surface area contributed by atoms with E-state index in [0.717, 1.165) is 24.8 Å². The van der Waals surface area contributed by atoms with Crippen LogP contribution in [0.25, 0.3) is 0 Å². The molecule has 0 unspecified atom stereocenters. The second-order valence-corrected chi connectivity index (χ2v) is 8.27. The van der Waals surface area contributed by atoms with Crippen molar-refractivity contribution in [1.82, 2.24) is 4.31 Å². The van der Waals surface area contributed by atoms with Crippen molar-refractivity contribution < 1.29 is 17.9 Å². The van der Waals surface area contributed by atoms with Crippen LogP contribution in [0.2, 0.25) is 0 Å². The molecule has 27 heavy (non-hydrogen) atoms. The Kier molecular flexibility index (Phi) is 6.13. The molecule has 3 rings (SSSR count). The topological polar surface area (TPSA) is 68.2 Å². The Labute approximate surface area is 160 Å². The van der Waals surface area contributed by atoms with Crippen LogP contribution in [0.1, 0.15) is 24.8 Å². The highest BCUT2D eigenvalue weighted by atomic mass is 32.2. The van der Waals surface area contributed by atoms with Crippen LogP contribution in [-0.4, -0.2) is 46.2 Å². The van der Waals surface area contributed by atoms with Crippen LogP contribution < -0.4 is 9.47 Å². The maximum atomic E-state index is 12.7. The van der Waals surface area contributed by atoms with Gasteiger partial charge in [0.2, 0.25) is 10.0 Å². The normalized spacial score (nSPS) is 15.8. The molecule has 0 atom stereocenters. The molecule has 1 aliphatic rings. The van der Waals surface area contributed by atoms with Gasteiger partial charge in [-0.2, -0.15) is 4.31 Å². The van der Waals surface area contributed by atoms with Crippen molar-refractivity contribution in [3.05, 3.63) is 48.0 Å². The molecule has 0 aromatic heterocycles. The van der Waals surface area contributed by atoms with Gasteiger partial charge in [-0.1, -0.05) is 6.42 Å². The highest BCUT2D eigenvalue weighted by molar-refractivity contribution is 7.89. The molecule has 0 saturated carbocycles. The van der Waals surface area contributed by atoms with Gasteiger partial charge in [0, 0.05) is 19.3 Å². The minimum atomic E-state index is -3.41. The predicted molar refractivity (Wildman–Crippen MR) is 106 cm³/mol. The summed E-state index contributed by atoms with van der Waals surface area (Å²) in [6.07, 6.45) is 4.64. The molecular weight excluding hydrogens is 364 g/mol. The Hall–Kier alpha value is -2.38. The first-order valence-corrected chi connectivity index (χ1v) is 10.3. The molecular formula is C20H24N2O4S. The summed E-state index contributed by atoms with van der Waals surface area (Å²) in [6.45, 7) is 1.20. The molecule has 2 aromatic rings. The fourth-order valence-electron chi connectivity index (χ4n) is 3.04. The van der Waals surface area contributed by atoms with Crippen molar-refractivity contribution in [2.45, 2.75) is 24.2 Å². The van der Waals surface area contributed by atoms with E-state index in [1.165, 1.54) is 0 Å². The van der Waals surface area contributed by atoms with E-state index in [1.54, 1.807) is 49.0 Å². The Morgan fingerprint density at radius 1 is 0.926 bits per heavy atom. The lowest BCUT2D eigenvalue weighted by molar-refractivity contribution is 0.346. The van der Waals surface area contributed by atoms with E-state index >= 15 is 0 Å². The first-order chi connectivity index (χ1) is 13.0. The fraction of sp³-hybridized carbons (Fsp3) is 0.350. The van der Waals surface area contributed by atoms with Crippen LogP contribution in [0.15, 0.2) is 52.4 Å². The number of methoxy groups -OCH3 is 2. The zero-order valence-electron chi connectivity index (χ0n) is 15.6. The second-order valence-electron chi connectivity index (χ2n) is 6.33. The number of hydrogen-bond acceptors (Lipinski definition) is 5. The molecule has 1 heterocycles. The third-order valence-electron chi connectivity index (χ3n) is 4.56. The van der Waals surface area contributed by atoms with Crippen LogP contribution in [-0.2, 0) is 10.0 Å². The lowest BCUT2D eigenvalue weighted by Gasteiger charge is -2.25. The average molecular weight is 388 g/mol. The van der Waals surface area contributed by atoms with Crippen LogP contribution in [0, 0.1) is 0 Å². The number of rotatable bonds is 6. The lowest BCUT2D eigenvalue weighted by atomic mass is 10.2. The SMILES string of the molecule is COc1ccc(C=Nc2ccc(S(=O)(=O)N3CCCCC3)cc2)cc1OC. The summed E-state index contributed by atoms with van der Waals surface area (Å²) in [5.74, 6) is 1.28. The summed E-state index contributed by atoms with van der Waals surface area (Å²) in [5, 5.41) is 0. The molecule has 0 spiro atoms. The Morgan fingerprint density at radius 2 is 1.59 bits per heavy atom. The molecule has 2 aromatic carbocycles. The van der Waals surface area contributed by atoms with Gasteiger partial charge in [0.15, 0.2) is 11.5 Å². The first kappa shape index (κ1) is 19.4. The Bertz CT molecular complexity index is 902. The van der Waals surface area contributed by atoms with Crippen LogP contribution in [0.3, 0.4) is 0 Å². The summed E-state index contributed by atoms with van der Waals surface area (Å²) < 4.78 is 37.4. The van der Waals surface area contributed by atoms with E-state index in [9.17, 15) is 8.42 Å². The van der Waals surface area contributed by atoms with Crippen LogP contribution in [0.4, 0.5) is 5.69 Å². The largest absolute Gasteiger partial charge is 0.493 e. The van der Waals surface area contributed by atoms with Crippen molar-refractivity contribution in [3.63, 3.8) is 0 Å². The number of sulfonamides is 1. The molecule has 0 amide bonds. The summed E-state index contributed by atoms with van der Waals surface area (Å²) in [5.41, 5.74) is 1.54. The zero-order chi connectivity index (χ0) is 19.3. The van der Waals surface area contributed by atoms with E-state index in [-0.39, 0.29) is 0 Å². The summed E-state index contributed by atoms with van der Waals surface area (Å²) >= 11 is 0. The van der Waals surface area contributed by atoms with E-state index in [1.807, 2.05) is 18.2 Å². The van der Waals surface area contributed by atoms with Gasteiger partial charge in [0.1, 0.15) is 0 Å². The molecule has 0 bridgehead atoms. The molecule has 0 N–H and O–H groups in total. The molecule has 1 saturated heterocycles. The van der Waals surface area contributed by atoms with Gasteiger partial charge in [-0.25, -0.2) is 8.42 Å². The quantitative estimate of drug-likeness (QED) is 0.709. The van der Waals surface area contributed by atoms with Crippen molar-refractivity contribution in [1.29, 1.82) is 0 Å². The average Bonchev–Trinajstić information content (AvgIpc) is 2.73. The highest BCUT2D eigenvalue weighted by Crippen LogP contribution is 2.27. The second kappa shape index (κ2) is 8.54. The molecule has 7 heteroatoms. The summed E-state index contributed by atoms with van der Waals surface area (Å²) in [4.78, 5) is 4.73. The standard InChI is InChI=1S/C20H24N2O4S/c1-25-19-11-6-16(14-20(19)26-2)15-21-17-7-9-18(10-8-17)27(23,24)22-12-4-3-5-13-22/h6-11,14-15H,3-5,12-13H2,1-2H3. The number of benzene rings is 2. The van der Waals surface area contributed by atoms with E-state index in [2.05, 4.69) is 4.99 Å². The van der Waals surface area contributed by atoms with Crippen LogP contribution in [0.5, 0.6) is 11.5 Å². The summed E-state index contributed by atoms with van der Waals surface area (Å²) in [7, 11) is -0.240. The van der Waals surface area contributed by atoms with Gasteiger partial charge in [-0.3, -0.25) is 4.99 Å². The van der Waals surface area contributed by atoms with E-state index in [0.29, 0.717) is 35.2 Å². The van der Waals surface area contributed by atoms with Gasteiger partial charge < -0.3 is 9.47 Å². The number of hydrogen-bond donors (Lipinski definition) is 0. The van der Waals surface area contributed by atoms with Gasteiger partial charge in [-0.05, 0) is 60.9 Å². The van der Waals surface area contributed by atoms with Gasteiger partial charge in [0.05, 0.1) is 24.8 Å². The molecule has 144 valence electrons. The van der Waals surface area contributed by atoms with E-state index in [4.69, 9.17) is 9.47 Å². The first-order valence-electron chi connectivity index (χ1n) is 8.91. The van der Waals surface area contributed by atoms with E-state index < -0.39 is 10.0 Å². The zero-order valence-corrected chi connectivity index (χ0v) is 16.4. The lowest BCUT2D eigenvalue weighted by Crippen LogP contribution is -2.35. The van der Waals surface area contributed by atoms with Gasteiger partial charge >= 0.3 is 0 Å². The van der Waals surface area contributed by atoms with Gasteiger partial charge in [0.25, 0.3) is 0 Å².